The molecule has 2 fully saturated rings. The molecule has 35 heavy (non-hydrogen) atoms. The van der Waals surface area contributed by atoms with Gasteiger partial charge in [-0.25, -0.2) is 0 Å². The van der Waals surface area contributed by atoms with Crippen molar-refractivity contribution in [3.8, 4) is 17.1 Å². The monoisotopic (exact) mass is 475 g/mol. The minimum atomic E-state index is -0.326. The summed E-state index contributed by atoms with van der Waals surface area (Å²) in [5.74, 6) is 1.54. The largest absolute Gasteiger partial charge is 0.497 e. The molecule has 2 aliphatic rings. The quantitative estimate of drug-likeness (QED) is 0.541. The number of aromatic nitrogens is 2. The van der Waals surface area contributed by atoms with Crippen LogP contribution in [-0.4, -0.2) is 71.6 Å². The number of hydrogen-bond donors (Lipinski definition) is 0. The number of carbonyl (C=O) groups is 2. The van der Waals surface area contributed by atoms with Gasteiger partial charge in [0, 0.05) is 56.5 Å². The molecule has 1 atom stereocenters. The summed E-state index contributed by atoms with van der Waals surface area (Å²) >= 11 is 0. The number of benzene rings is 2. The van der Waals surface area contributed by atoms with Crippen LogP contribution in [0.2, 0.25) is 0 Å². The molecule has 0 radical (unpaired) electrons. The first-order valence-electron chi connectivity index (χ1n) is 11.9. The zero-order valence-electron chi connectivity index (χ0n) is 20.0. The summed E-state index contributed by atoms with van der Waals surface area (Å²) in [5, 5.41) is 4.14. The van der Waals surface area contributed by atoms with E-state index in [1.54, 1.807) is 12.0 Å². The summed E-state index contributed by atoms with van der Waals surface area (Å²) in [6, 6.07) is 15.3. The molecule has 0 bridgehead atoms. The van der Waals surface area contributed by atoms with Crippen LogP contribution in [0.15, 0.2) is 53.1 Å². The highest BCUT2D eigenvalue weighted by Gasteiger charge is 2.38. The minimum absolute atomic E-state index is 0.0314. The van der Waals surface area contributed by atoms with Crippen molar-refractivity contribution >= 4 is 17.5 Å². The van der Waals surface area contributed by atoms with E-state index in [-0.39, 0.29) is 24.2 Å². The Morgan fingerprint density at radius 3 is 2.69 bits per heavy atom. The Kier molecular flexibility index (Phi) is 6.50. The fourth-order valence-corrected chi connectivity index (χ4v) is 4.73. The second kappa shape index (κ2) is 9.87. The zero-order valence-corrected chi connectivity index (χ0v) is 20.0. The lowest BCUT2D eigenvalue weighted by Gasteiger charge is -2.35. The van der Waals surface area contributed by atoms with Crippen LogP contribution in [0.5, 0.6) is 5.75 Å². The van der Waals surface area contributed by atoms with Crippen molar-refractivity contribution in [2.75, 3.05) is 44.7 Å². The van der Waals surface area contributed by atoms with Gasteiger partial charge in [-0.2, -0.15) is 4.98 Å². The number of methoxy groups -OCH3 is 1. The summed E-state index contributed by atoms with van der Waals surface area (Å²) < 4.78 is 10.7. The molecule has 3 heterocycles. The van der Waals surface area contributed by atoms with E-state index < -0.39 is 0 Å². The highest BCUT2D eigenvalue weighted by atomic mass is 16.5. The molecule has 0 spiro atoms. The highest BCUT2D eigenvalue weighted by Crippen LogP contribution is 2.29. The number of nitrogens with zero attached hydrogens (tertiary/aromatic N) is 5. The standard InChI is InChI=1S/C26H29N5O4/c1-18-6-3-4-9-22(18)25-27-23(35-28-25)17-29-10-12-30(13-11-29)26(33)19-14-24(32)31(16-19)20-7-5-8-21(15-20)34-2/h3-9,15,19H,10-14,16-17H2,1-2H3. The summed E-state index contributed by atoms with van der Waals surface area (Å²) in [6.07, 6.45) is 0.236. The number of hydrogen-bond acceptors (Lipinski definition) is 7. The Labute approximate surface area is 204 Å². The van der Waals surface area contributed by atoms with Crippen LogP contribution in [0.1, 0.15) is 17.9 Å². The first-order chi connectivity index (χ1) is 17.0. The number of rotatable bonds is 6. The number of ether oxygens (including phenoxy) is 1. The van der Waals surface area contributed by atoms with Crippen LogP contribution in [0.3, 0.4) is 0 Å². The number of carbonyl (C=O) groups excluding carboxylic acids is 2. The second-order valence-electron chi connectivity index (χ2n) is 9.03. The Morgan fingerprint density at radius 1 is 1.11 bits per heavy atom. The Balaban J connectivity index is 1.15. The van der Waals surface area contributed by atoms with Crippen molar-refractivity contribution in [3.05, 3.63) is 60.0 Å². The summed E-state index contributed by atoms with van der Waals surface area (Å²) in [5.41, 5.74) is 2.83. The van der Waals surface area contributed by atoms with Gasteiger partial charge in [-0.15, -0.1) is 0 Å². The predicted molar refractivity (Wildman–Crippen MR) is 130 cm³/mol. The van der Waals surface area contributed by atoms with Crippen LogP contribution in [0.25, 0.3) is 11.4 Å². The summed E-state index contributed by atoms with van der Waals surface area (Å²) in [7, 11) is 1.60. The number of amides is 2. The second-order valence-corrected chi connectivity index (χ2v) is 9.03. The molecule has 2 aliphatic heterocycles. The molecule has 0 N–H and O–H groups in total. The van der Waals surface area contributed by atoms with Crippen molar-refractivity contribution < 1.29 is 18.8 Å². The SMILES string of the molecule is COc1cccc(N2CC(C(=O)N3CCN(Cc4nc(-c5ccccc5C)no4)CC3)CC2=O)c1. The van der Waals surface area contributed by atoms with E-state index in [4.69, 9.17) is 9.26 Å². The van der Waals surface area contributed by atoms with Crippen molar-refractivity contribution in [1.29, 1.82) is 0 Å². The average molecular weight is 476 g/mol. The lowest BCUT2D eigenvalue weighted by molar-refractivity contribution is -0.137. The first-order valence-corrected chi connectivity index (χ1v) is 11.9. The molecule has 1 aromatic heterocycles. The number of piperazine rings is 1. The van der Waals surface area contributed by atoms with E-state index in [9.17, 15) is 9.59 Å². The lowest BCUT2D eigenvalue weighted by atomic mass is 10.1. The van der Waals surface area contributed by atoms with Crippen LogP contribution in [0, 0.1) is 12.8 Å². The van der Waals surface area contributed by atoms with Crippen molar-refractivity contribution in [1.82, 2.24) is 19.9 Å². The third-order valence-electron chi connectivity index (χ3n) is 6.74. The van der Waals surface area contributed by atoms with E-state index in [2.05, 4.69) is 15.0 Å². The van der Waals surface area contributed by atoms with Crippen LogP contribution in [0.4, 0.5) is 5.69 Å². The molecule has 3 aromatic rings. The van der Waals surface area contributed by atoms with Crippen LogP contribution in [-0.2, 0) is 16.1 Å². The fourth-order valence-electron chi connectivity index (χ4n) is 4.73. The van der Waals surface area contributed by atoms with Gasteiger partial charge in [0.2, 0.25) is 23.5 Å². The van der Waals surface area contributed by atoms with Gasteiger partial charge in [0.05, 0.1) is 19.6 Å². The van der Waals surface area contributed by atoms with Crippen molar-refractivity contribution in [2.45, 2.75) is 19.9 Å². The van der Waals surface area contributed by atoms with E-state index in [1.807, 2.05) is 60.4 Å². The Bertz CT molecular complexity index is 1220. The van der Waals surface area contributed by atoms with Crippen molar-refractivity contribution in [3.63, 3.8) is 0 Å². The van der Waals surface area contributed by atoms with Gasteiger partial charge in [-0.3, -0.25) is 14.5 Å². The molecule has 0 saturated carbocycles. The third kappa shape index (κ3) is 4.90. The zero-order chi connectivity index (χ0) is 24.4. The topological polar surface area (TPSA) is 92.0 Å². The molecule has 2 saturated heterocycles. The Hall–Kier alpha value is -3.72. The maximum absolute atomic E-state index is 13.2. The Morgan fingerprint density at radius 2 is 1.91 bits per heavy atom. The molecule has 2 amide bonds. The smallest absolute Gasteiger partial charge is 0.241 e. The lowest BCUT2D eigenvalue weighted by Crippen LogP contribution is -2.50. The predicted octanol–water partition coefficient (Wildman–Crippen LogP) is 2.75. The fraction of sp³-hybridized carbons (Fsp3) is 0.385. The number of aryl methyl sites for hydroxylation is 1. The van der Waals surface area contributed by atoms with Gasteiger partial charge < -0.3 is 19.1 Å². The van der Waals surface area contributed by atoms with Gasteiger partial charge in [-0.1, -0.05) is 35.5 Å². The maximum Gasteiger partial charge on any atom is 0.241 e. The average Bonchev–Trinajstić information content (AvgIpc) is 3.51. The van der Waals surface area contributed by atoms with Crippen molar-refractivity contribution in [2.24, 2.45) is 5.92 Å². The highest BCUT2D eigenvalue weighted by molar-refractivity contribution is 6.00. The van der Waals surface area contributed by atoms with Gasteiger partial charge in [0.15, 0.2) is 0 Å². The summed E-state index contributed by atoms with van der Waals surface area (Å²) in [6.45, 7) is 5.63. The van der Waals surface area contributed by atoms with Gasteiger partial charge >= 0.3 is 0 Å². The molecule has 1 unspecified atom stereocenters. The minimum Gasteiger partial charge on any atom is -0.497 e. The van der Waals surface area contributed by atoms with Gasteiger partial charge in [-0.05, 0) is 24.6 Å². The molecule has 9 heteroatoms. The third-order valence-corrected chi connectivity index (χ3v) is 6.74. The molecule has 182 valence electrons. The molecule has 0 aliphatic carbocycles. The van der Waals surface area contributed by atoms with E-state index in [1.165, 1.54) is 0 Å². The van der Waals surface area contributed by atoms with Gasteiger partial charge in [0.1, 0.15) is 5.75 Å². The van der Waals surface area contributed by atoms with E-state index in [0.29, 0.717) is 56.7 Å². The van der Waals surface area contributed by atoms with E-state index >= 15 is 0 Å². The number of anilines is 1. The summed E-state index contributed by atoms with van der Waals surface area (Å²) in [4.78, 5) is 36.1. The molecular formula is C26H29N5O4. The molecular weight excluding hydrogens is 446 g/mol. The molecule has 2 aromatic carbocycles. The maximum atomic E-state index is 13.2. The van der Waals surface area contributed by atoms with Crippen LogP contribution < -0.4 is 9.64 Å². The van der Waals surface area contributed by atoms with Gasteiger partial charge in [0.25, 0.3) is 0 Å². The normalized spacial score (nSPS) is 18.8. The van der Waals surface area contributed by atoms with Crippen LogP contribution >= 0.6 is 0 Å². The molecule has 9 nitrogen and oxygen atoms in total. The van der Waals surface area contributed by atoms with E-state index in [0.717, 1.165) is 16.8 Å². The molecule has 5 rings (SSSR count). The first kappa shape index (κ1) is 23.0.